The number of hydrogen-bond donors (Lipinski definition) is 1. The van der Waals surface area contributed by atoms with Gasteiger partial charge in [0.15, 0.2) is 5.82 Å². The van der Waals surface area contributed by atoms with Gasteiger partial charge in [-0.15, -0.1) is 0 Å². The van der Waals surface area contributed by atoms with Gasteiger partial charge in [-0.1, -0.05) is 19.6 Å². The number of aryl methyl sites for hydroxylation is 2. The molecule has 0 radical (unpaired) electrons. The van der Waals surface area contributed by atoms with Crippen molar-refractivity contribution in [2.75, 3.05) is 11.9 Å². The Bertz CT molecular complexity index is 866. The Morgan fingerprint density at radius 1 is 1.23 bits per heavy atom. The van der Waals surface area contributed by atoms with E-state index in [1.165, 1.54) is 0 Å². The molecule has 1 N–H and O–H groups in total. The summed E-state index contributed by atoms with van der Waals surface area (Å²) >= 11 is 0. The molecule has 3 aromatic heterocycles. The van der Waals surface area contributed by atoms with Crippen molar-refractivity contribution in [3.8, 4) is 0 Å². The minimum Gasteiger partial charge on any atom is -0.467 e. The van der Waals surface area contributed by atoms with E-state index >= 15 is 0 Å². The van der Waals surface area contributed by atoms with Crippen molar-refractivity contribution in [1.29, 1.82) is 0 Å². The van der Waals surface area contributed by atoms with Crippen LogP contribution in [0.1, 0.15) is 17.3 Å². The van der Waals surface area contributed by atoms with Gasteiger partial charge < -0.3 is 19.0 Å². The maximum atomic E-state index is 5.94. The number of aromatic nitrogens is 3. The highest BCUT2D eigenvalue weighted by Crippen LogP contribution is 2.24. The fraction of sp³-hybridized carbons (Fsp3) is 0.474. The molecule has 0 spiro atoms. The van der Waals surface area contributed by atoms with Crippen LogP contribution in [0.2, 0.25) is 25.7 Å². The van der Waals surface area contributed by atoms with Crippen molar-refractivity contribution >= 4 is 24.9 Å². The number of nitrogens with zero attached hydrogens (tertiary/aromatic N) is 3. The highest BCUT2D eigenvalue weighted by Gasteiger charge is 2.15. The minimum absolute atomic E-state index is 0.522. The fourth-order valence-electron chi connectivity index (χ4n) is 2.77. The predicted octanol–water partition coefficient (Wildman–Crippen LogP) is 4.57. The number of rotatable bonds is 8. The smallest absolute Gasteiger partial charge is 0.154 e. The molecule has 0 aromatic carbocycles. The molecule has 0 saturated carbocycles. The van der Waals surface area contributed by atoms with Crippen LogP contribution in [0.3, 0.4) is 0 Å². The Kier molecular flexibility index (Phi) is 5.48. The second kappa shape index (κ2) is 7.63. The Balaban J connectivity index is 1.78. The zero-order chi connectivity index (χ0) is 18.7. The summed E-state index contributed by atoms with van der Waals surface area (Å²) in [5.74, 6) is 2.58. The second-order valence-corrected chi connectivity index (χ2v) is 13.5. The normalized spacial score (nSPS) is 12.0. The molecule has 3 heterocycles. The van der Waals surface area contributed by atoms with Crippen molar-refractivity contribution in [2.45, 2.75) is 52.8 Å². The summed E-state index contributed by atoms with van der Waals surface area (Å²) in [5.41, 5.74) is 2.86. The molecular formula is C19H28N4O2Si. The van der Waals surface area contributed by atoms with E-state index in [2.05, 4.69) is 40.6 Å². The van der Waals surface area contributed by atoms with Gasteiger partial charge in [0.1, 0.15) is 23.8 Å². The third-order valence-corrected chi connectivity index (χ3v) is 5.99. The van der Waals surface area contributed by atoms with Crippen LogP contribution < -0.4 is 5.32 Å². The average Bonchev–Trinajstić information content (AvgIpc) is 3.17. The van der Waals surface area contributed by atoms with Gasteiger partial charge in [0.25, 0.3) is 0 Å². The molecule has 7 heteroatoms. The summed E-state index contributed by atoms with van der Waals surface area (Å²) in [7, 11) is -1.08. The SMILES string of the molecule is Cc1cc2c(nc(C)n2COCC[Si](C)(C)C)c(NCc2ccco2)n1. The minimum atomic E-state index is -1.08. The lowest BCUT2D eigenvalue weighted by Crippen LogP contribution is -2.22. The molecule has 0 fully saturated rings. The van der Waals surface area contributed by atoms with Gasteiger partial charge in [-0.3, -0.25) is 0 Å². The lowest BCUT2D eigenvalue weighted by molar-refractivity contribution is 0.0885. The number of hydrogen-bond acceptors (Lipinski definition) is 5. The number of ether oxygens (including phenoxy) is 1. The molecule has 0 aliphatic heterocycles. The van der Waals surface area contributed by atoms with Gasteiger partial charge in [0, 0.05) is 20.4 Å². The molecule has 6 nitrogen and oxygen atoms in total. The summed E-state index contributed by atoms with van der Waals surface area (Å²) < 4.78 is 13.4. The van der Waals surface area contributed by atoms with Crippen LogP contribution in [0.15, 0.2) is 28.9 Å². The van der Waals surface area contributed by atoms with Crippen molar-refractivity contribution < 1.29 is 9.15 Å². The molecule has 0 bridgehead atoms. The van der Waals surface area contributed by atoms with Gasteiger partial charge in [0.05, 0.1) is 18.3 Å². The highest BCUT2D eigenvalue weighted by atomic mass is 28.3. The van der Waals surface area contributed by atoms with Crippen molar-refractivity contribution in [1.82, 2.24) is 14.5 Å². The van der Waals surface area contributed by atoms with Crippen LogP contribution in [0.4, 0.5) is 5.82 Å². The third-order valence-electron chi connectivity index (χ3n) is 4.28. The van der Waals surface area contributed by atoms with Gasteiger partial charge in [0.2, 0.25) is 0 Å². The fourth-order valence-corrected chi connectivity index (χ4v) is 3.52. The molecule has 3 rings (SSSR count). The zero-order valence-electron chi connectivity index (χ0n) is 16.3. The number of nitrogens with one attached hydrogen (secondary N) is 1. The van der Waals surface area contributed by atoms with Crippen LogP contribution >= 0.6 is 0 Å². The van der Waals surface area contributed by atoms with E-state index in [0.717, 1.165) is 46.8 Å². The van der Waals surface area contributed by atoms with E-state index in [4.69, 9.17) is 14.1 Å². The van der Waals surface area contributed by atoms with E-state index < -0.39 is 8.07 Å². The van der Waals surface area contributed by atoms with Crippen LogP contribution in [0.5, 0.6) is 0 Å². The average molecular weight is 373 g/mol. The van der Waals surface area contributed by atoms with E-state index in [9.17, 15) is 0 Å². The standard InChI is InChI=1S/C19H28N4O2Si/c1-14-11-17-18(19(21-14)20-12-16-7-6-8-25-16)22-15(2)23(17)13-24-9-10-26(3,4)5/h6-8,11H,9-10,12-13H2,1-5H3,(H,20,21). The molecule has 140 valence electrons. The molecule has 0 amide bonds. The van der Waals surface area contributed by atoms with Crippen molar-refractivity contribution in [3.63, 3.8) is 0 Å². The Labute approximate surface area is 155 Å². The van der Waals surface area contributed by atoms with Crippen LogP contribution in [0, 0.1) is 13.8 Å². The number of furan rings is 1. The third kappa shape index (κ3) is 4.53. The highest BCUT2D eigenvalue weighted by molar-refractivity contribution is 6.76. The summed E-state index contributed by atoms with van der Waals surface area (Å²) in [4.78, 5) is 9.34. The van der Waals surface area contributed by atoms with Gasteiger partial charge in [-0.2, -0.15) is 0 Å². The molecule has 0 saturated heterocycles. The predicted molar refractivity (Wildman–Crippen MR) is 107 cm³/mol. The molecule has 0 aliphatic carbocycles. The van der Waals surface area contributed by atoms with Crippen molar-refractivity contribution in [3.05, 3.63) is 41.7 Å². The largest absolute Gasteiger partial charge is 0.467 e. The number of pyridine rings is 1. The summed E-state index contributed by atoms with van der Waals surface area (Å²) in [6.45, 7) is 13.0. The molecular weight excluding hydrogens is 344 g/mol. The van der Waals surface area contributed by atoms with Crippen LogP contribution in [-0.4, -0.2) is 29.2 Å². The first-order valence-electron chi connectivity index (χ1n) is 9.02. The van der Waals surface area contributed by atoms with E-state index in [1.54, 1.807) is 6.26 Å². The molecule has 0 unspecified atom stereocenters. The van der Waals surface area contributed by atoms with Gasteiger partial charge in [-0.25, -0.2) is 9.97 Å². The molecule has 26 heavy (non-hydrogen) atoms. The maximum absolute atomic E-state index is 5.94. The van der Waals surface area contributed by atoms with Gasteiger partial charge in [-0.05, 0) is 38.1 Å². The molecule has 0 aliphatic rings. The second-order valence-electron chi connectivity index (χ2n) is 7.85. The quantitative estimate of drug-likeness (QED) is 0.464. The first-order chi connectivity index (χ1) is 12.3. The van der Waals surface area contributed by atoms with E-state index in [-0.39, 0.29) is 0 Å². The maximum Gasteiger partial charge on any atom is 0.154 e. The number of imidazole rings is 1. The molecule has 0 atom stereocenters. The first-order valence-corrected chi connectivity index (χ1v) is 12.7. The summed E-state index contributed by atoms with van der Waals surface area (Å²) in [5, 5.41) is 3.34. The topological polar surface area (TPSA) is 65.1 Å². The lowest BCUT2D eigenvalue weighted by Gasteiger charge is -2.16. The summed E-state index contributed by atoms with van der Waals surface area (Å²) in [6, 6.07) is 7.05. The van der Waals surface area contributed by atoms with E-state index in [0.29, 0.717) is 13.3 Å². The Hall–Kier alpha value is -2.12. The lowest BCUT2D eigenvalue weighted by atomic mass is 10.3. The van der Waals surface area contributed by atoms with Crippen LogP contribution in [0.25, 0.3) is 11.0 Å². The Morgan fingerprint density at radius 2 is 2.04 bits per heavy atom. The van der Waals surface area contributed by atoms with E-state index in [1.807, 2.05) is 26.0 Å². The van der Waals surface area contributed by atoms with Crippen molar-refractivity contribution in [2.24, 2.45) is 0 Å². The van der Waals surface area contributed by atoms with Gasteiger partial charge >= 0.3 is 0 Å². The number of anilines is 1. The first kappa shape index (κ1) is 18.7. The monoisotopic (exact) mass is 372 g/mol. The van der Waals surface area contributed by atoms with Crippen LogP contribution in [-0.2, 0) is 18.0 Å². The number of fused-ring (bicyclic) bond motifs is 1. The summed E-state index contributed by atoms with van der Waals surface area (Å²) in [6.07, 6.45) is 1.67. The Morgan fingerprint density at radius 3 is 2.73 bits per heavy atom. The molecule has 3 aromatic rings. The zero-order valence-corrected chi connectivity index (χ0v) is 17.3.